The molecule has 0 amide bonds. The molecule has 0 aliphatic carbocycles. The van der Waals surface area contributed by atoms with Crippen LogP contribution in [0.15, 0.2) is 36.4 Å². The summed E-state index contributed by atoms with van der Waals surface area (Å²) in [5.74, 6) is 1.43. The Hall–Kier alpha value is -1.38. The zero-order valence-corrected chi connectivity index (χ0v) is 11.8. The number of benzene rings is 2. The first-order chi connectivity index (χ1) is 8.06. The maximum atomic E-state index is 6.06. The van der Waals surface area contributed by atoms with Crippen LogP contribution in [0.3, 0.4) is 0 Å². The number of nitrogen functional groups attached to an aromatic ring is 1. The van der Waals surface area contributed by atoms with Crippen LogP contribution in [0.5, 0.6) is 11.5 Å². The molecule has 2 aromatic carbocycles. The summed E-state index contributed by atoms with van der Waals surface area (Å²) in [7, 11) is 0. The maximum Gasteiger partial charge on any atom is 0.146 e. The second-order valence-corrected chi connectivity index (χ2v) is 4.47. The normalized spacial score (nSPS) is 9.72. The molecule has 0 aliphatic heterocycles. The summed E-state index contributed by atoms with van der Waals surface area (Å²) in [5, 5.41) is 0.518. The Balaban J connectivity index is 0.00000162. The van der Waals surface area contributed by atoms with E-state index in [0.29, 0.717) is 16.5 Å². The Morgan fingerprint density at radius 1 is 1.00 bits per heavy atom. The van der Waals surface area contributed by atoms with Crippen LogP contribution in [-0.2, 0) is 0 Å². The van der Waals surface area contributed by atoms with Crippen LogP contribution in [0.25, 0.3) is 0 Å². The molecule has 4 heteroatoms. The monoisotopic (exact) mass is 283 g/mol. The van der Waals surface area contributed by atoms with Gasteiger partial charge in [0, 0.05) is 5.69 Å². The summed E-state index contributed by atoms with van der Waals surface area (Å²) in [6, 6.07) is 11.2. The highest BCUT2D eigenvalue weighted by atomic mass is 35.5. The average molecular weight is 284 g/mol. The first kappa shape index (κ1) is 14.7. The third kappa shape index (κ3) is 3.31. The fourth-order valence-electron chi connectivity index (χ4n) is 1.63. The van der Waals surface area contributed by atoms with Gasteiger partial charge in [-0.05, 0) is 43.7 Å². The molecule has 0 fully saturated rings. The number of ether oxygens (including phenoxy) is 1. The molecule has 0 unspecified atom stereocenters. The van der Waals surface area contributed by atoms with E-state index in [9.17, 15) is 0 Å². The highest BCUT2D eigenvalue weighted by Crippen LogP contribution is 2.32. The molecule has 2 nitrogen and oxygen atoms in total. The van der Waals surface area contributed by atoms with Crippen LogP contribution in [0.4, 0.5) is 5.69 Å². The van der Waals surface area contributed by atoms with Gasteiger partial charge < -0.3 is 10.5 Å². The molecule has 2 aromatic rings. The van der Waals surface area contributed by atoms with Crippen LogP contribution >= 0.6 is 24.0 Å². The van der Waals surface area contributed by atoms with Gasteiger partial charge in [0.2, 0.25) is 0 Å². The number of halogens is 2. The Bertz CT molecular complexity index is 506. The Morgan fingerprint density at radius 3 is 2.28 bits per heavy atom. The highest BCUT2D eigenvalue weighted by molar-refractivity contribution is 6.32. The largest absolute Gasteiger partial charge is 0.456 e. The van der Waals surface area contributed by atoms with E-state index in [-0.39, 0.29) is 12.4 Å². The van der Waals surface area contributed by atoms with E-state index < -0.39 is 0 Å². The summed E-state index contributed by atoms with van der Waals surface area (Å²) in [4.78, 5) is 0. The summed E-state index contributed by atoms with van der Waals surface area (Å²) in [6.07, 6.45) is 0. The van der Waals surface area contributed by atoms with Crippen molar-refractivity contribution in [1.29, 1.82) is 0 Å². The number of nitrogens with two attached hydrogens (primary N) is 1. The third-order valence-corrected chi connectivity index (χ3v) is 2.80. The minimum Gasteiger partial charge on any atom is -0.456 e. The minimum atomic E-state index is 0. The molecule has 0 radical (unpaired) electrons. The van der Waals surface area contributed by atoms with E-state index in [1.54, 1.807) is 18.2 Å². The molecule has 18 heavy (non-hydrogen) atoms. The molecule has 0 saturated heterocycles. The van der Waals surface area contributed by atoms with Gasteiger partial charge in [-0.2, -0.15) is 0 Å². The highest BCUT2D eigenvalue weighted by Gasteiger charge is 2.05. The summed E-state index contributed by atoms with van der Waals surface area (Å²) in [6.45, 7) is 4.06. The van der Waals surface area contributed by atoms with E-state index in [2.05, 4.69) is 6.07 Å². The van der Waals surface area contributed by atoms with Crippen molar-refractivity contribution >= 4 is 29.7 Å². The van der Waals surface area contributed by atoms with E-state index in [0.717, 1.165) is 11.3 Å². The Labute approximate surface area is 118 Å². The van der Waals surface area contributed by atoms with Gasteiger partial charge >= 0.3 is 0 Å². The molecule has 0 aromatic heterocycles. The zero-order valence-electron chi connectivity index (χ0n) is 10.2. The van der Waals surface area contributed by atoms with Crippen molar-refractivity contribution < 1.29 is 4.74 Å². The molecule has 0 aliphatic rings. The lowest BCUT2D eigenvalue weighted by Crippen LogP contribution is -1.90. The molecule has 0 bridgehead atoms. The first-order valence-corrected chi connectivity index (χ1v) is 5.74. The van der Waals surface area contributed by atoms with Crippen LogP contribution < -0.4 is 10.5 Å². The van der Waals surface area contributed by atoms with Gasteiger partial charge in [0.05, 0.1) is 5.02 Å². The van der Waals surface area contributed by atoms with Crippen molar-refractivity contribution in [2.75, 3.05) is 5.73 Å². The average Bonchev–Trinajstić information content (AvgIpc) is 2.25. The van der Waals surface area contributed by atoms with Crippen molar-refractivity contribution in [1.82, 2.24) is 0 Å². The van der Waals surface area contributed by atoms with Gasteiger partial charge in [0.1, 0.15) is 11.5 Å². The van der Waals surface area contributed by atoms with Crippen LogP contribution in [0.1, 0.15) is 11.1 Å². The van der Waals surface area contributed by atoms with Crippen molar-refractivity contribution in [2.45, 2.75) is 13.8 Å². The fourth-order valence-corrected chi connectivity index (χ4v) is 1.86. The standard InChI is InChI=1S/C14H14ClNO.ClH/c1-9-3-5-13(10(2)7-9)17-14-6-4-11(16)8-12(14)15;/h3-8H,16H2,1-2H3;1H. The lowest BCUT2D eigenvalue weighted by molar-refractivity contribution is 0.479. The van der Waals surface area contributed by atoms with Gasteiger partial charge in [-0.3, -0.25) is 0 Å². The van der Waals surface area contributed by atoms with Crippen molar-refractivity contribution in [2.24, 2.45) is 0 Å². The van der Waals surface area contributed by atoms with Crippen LogP contribution in [-0.4, -0.2) is 0 Å². The summed E-state index contributed by atoms with van der Waals surface area (Å²) < 4.78 is 5.76. The number of hydrogen-bond acceptors (Lipinski definition) is 2. The third-order valence-electron chi connectivity index (χ3n) is 2.51. The molecule has 2 rings (SSSR count). The Kier molecular flexibility index (Phi) is 4.88. The first-order valence-electron chi connectivity index (χ1n) is 5.36. The van der Waals surface area contributed by atoms with E-state index in [1.807, 2.05) is 26.0 Å². The van der Waals surface area contributed by atoms with E-state index in [4.69, 9.17) is 22.1 Å². The predicted octanol–water partition coefficient (Wildman–Crippen LogP) is 4.75. The van der Waals surface area contributed by atoms with Gasteiger partial charge in [-0.1, -0.05) is 29.3 Å². The van der Waals surface area contributed by atoms with Crippen LogP contribution in [0, 0.1) is 13.8 Å². The second-order valence-electron chi connectivity index (χ2n) is 4.06. The molecule has 0 saturated carbocycles. The lowest BCUT2D eigenvalue weighted by Gasteiger charge is -2.11. The van der Waals surface area contributed by atoms with E-state index in [1.165, 1.54) is 5.56 Å². The second kappa shape index (κ2) is 5.98. The molecular formula is C14H15Cl2NO. The quantitative estimate of drug-likeness (QED) is 0.807. The van der Waals surface area contributed by atoms with Crippen molar-refractivity contribution in [3.63, 3.8) is 0 Å². The molecule has 0 atom stereocenters. The summed E-state index contributed by atoms with van der Waals surface area (Å²) in [5.41, 5.74) is 8.55. The van der Waals surface area contributed by atoms with E-state index >= 15 is 0 Å². The number of anilines is 1. The lowest BCUT2D eigenvalue weighted by atomic mass is 10.1. The molecule has 2 N–H and O–H groups in total. The Morgan fingerprint density at radius 2 is 1.67 bits per heavy atom. The summed E-state index contributed by atoms with van der Waals surface area (Å²) >= 11 is 6.06. The number of hydrogen-bond donors (Lipinski definition) is 1. The minimum absolute atomic E-state index is 0. The van der Waals surface area contributed by atoms with Gasteiger partial charge in [0.15, 0.2) is 0 Å². The number of aryl methyl sites for hydroxylation is 2. The van der Waals surface area contributed by atoms with Crippen LogP contribution in [0.2, 0.25) is 5.02 Å². The topological polar surface area (TPSA) is 35.2 Å². The van der Waals surface area contributed by atoms with Gasteiger partial charge in [-0.15, -0.1) is 12.4 Å². The SMILES string of the molecule is Cc1ccc(Oc2ccc(N)cc2Cl)c(C)c1.Cl. The predicted molar refractivity (Wildman–Crippen MR) is 79.1 cm³/mol. The van der Waals surface area contributed by atoms with Crippen molar-refractivity contribution in [3.05, 3.63) is 52.5 Å². The molecule has 0 spiro atoms. The van der Waals surface area contributed by atoms with Crippen molar-refractivity contribution in [3.8, 4) is 11.5 Å². The van der Waals surface area contributed by atoms with Gasteiger partial charge in [-0.25, -0.2) is 0 Å². The fraction of sp³-hybridized carbons (Fsp3) is 0.143. The smallest absolute Gasteiger partial charge is 0.146 e. The molecular weight excluding hydrogens is 269 g/mol. The molecule has 0 heterocycles. The maximum absolute atomic E-state index is 6.06. The zero-order chi connectivity index (χ0) is 12.4. The molecule has 96 valence electrons. The number of rotatable bonds is 2. The van der Waals surface area contributed by atoms with Gasteiger partial charge in [0.25, 0.3) is 0 Å².